The van der Waals surface area contributed by atoms with E-state index in [1.165, 1.54) is 0 Å². The number of hydrogen-bond acceptors (Lipinski definition) is 2. The molecular weight excluding hydrogens is 102 g/mol. The predicted molar refractivity (Wildman–Crippen MR) is 33.9 cm³/mol. The zero-order chi connectivity index (χ0) is 6.78. The average molecular weight is 116 g/mol. The smallest absolute Gasteiger partial charge is 0.0836 e. The van der Waals surface area contributed by atoms with Crippen LogP contribution < -0.4 is 5.90 Å². The Balaban J connectivity index is 3.62. The molecule has 0 fully saturated rings. The highest BCUT2D eigenvalue weighted by Crippen LogP contribution is 2.19. The Hall–Kier alpha value is -0.0800. The van der Waals surface area contributed by atoms with Crippen molar-refractivity contribution in [3.05, 3.63) is 6.92 Å². The Morgan fingerprint density at radius 2 is 1.88 bits per heavy atom. The van der Waals surface area contributed by atoms with Gasteiger partial charge in [0.25, 0.3) is 0 Å². The summed E-state index contributed by atoms with van der Waals surface area (Å²) >= 11 is 0. The Kier molecular flexibility index (Phi) is 2.44. The van der Waals surface area contributed by atoms with Crippen molar-refractivity contribution in [1.82, 2.24) is 0 Å². The summed E-state index contributed by atoms with van der Waals surface area (Å²) in [5, 5.41) is 0. The molecule has 0 bridgehead atoms. The second kappa shape index (κ2) is 2.46. The molecule has 0 aromatic heterocycles. The first-order valence-corrected chi connectivity index (χ1v) is 2.67. The van der Waals surface area contributed by atoms with Crippen LogP contribution in [0.2, 0.25) is 0 Å². The summed E-state index contributed by atoms with van der Waals surface area (Å²) in [6.07, 6.45) is -0.123. The second-order valence-electron chi connectivity index (χ2n) is 2.99. The fourth-order valence-corrected chi connectivity index (χ4v) is 0.204. The van der Waals surface area contributed by atoms with E-state index in [0.717, 1.165) is 0 Å². The molecule has 0 rings (SSSR count). The second-order valence-corrected chi connectivity index (χ2v) is 2.99. The molecule has 0 aliphatic rings. The lowest BCUT2D eigenvalue weighted by molar-refractivity contribution is 0.0122. The molecule has 0 aromatic carbocycles. The van der Waals surface area contributed by atoms with Crippen LogP contribution in [0.5, 0.6) is 0 Å². The summed E-state index contributed by atoms with van der Waals surface area (Å²) in [6, 6.07) is 0. The highest BCUT2D eigenvalue weighted by atomic mass is 16.6. The van der Waals surface area contributed by atoms with Crippen LogP contribution in [0.4, 0.5) is 0 Å². The first-order chi connectivity index (χ1) is 3.48. The molecule has 0 spiro atoms. The molecule has 0 heterocycles. The van der Waals surface area contributed by atoms with Gasteiger partial charge in [-0.3, -0.25) is 0 Å². The molecule has 0 saturated heterocycles. The molecule has 49 valence electrons. The summed E-state index contributed by atoms with van der Waals surface area (Å²) in [5.74, 6) is 4.90. The molecule has 1 radical (unpaired) electrons. The zero-order valence-corrected chi connectivity index (χ0v) is 5.77. The maximum atomic E-state index is 4.90. The maximum Gasteiger partial charge on any atom is 0.0836 e. The number of nitrogens with two attached hydrogens (primary N) is 1. The van der Waals surface area contributed by atoms with Gasteiger partial charge in [0, 0.05) is 0 Å². The van der Waals surface area contributed by atoms with E-state index in [2.05, 4.69) is 11.8 Å². The van der Waals surface area contributed by atoms with Crippen molar-refractivity contribution in [3.63, 3.8) is 0 Å². The third-order valence-electron chi connectivity index (χ3n) is 1.13. The fraction of sp³-hybridized carbons (Fsp3) is 0.833. The summed E-state index contributed by atoms with van der Waals surface area (Å²) < 4.78 is 0. The van der Waals surface area contributed by atoms with Crippen LogP contribution in [0.15, 0.2) is 0 Å². The van der Waals surface area contributed by atoms with Crippen molar-refractivity contribution >= 4 is 0 Å². The Morgan fingerprint density at radius 1 is 1.50 bits per heavy atom. The summed E-state index contributed by atoms with van der Waals surface area (Å²) in [4.78, 5) is 4.50. The first kappa shape index (κ1) is 7.92. The Labute approximate surface area is 51.0 Å². The minimum absolute atomic E-state index is 0.0503. The lowest BCUT2D eigenvalue weighted by Crippen LogP contribution is -2.28. The van der Waals surface area contributed by atoms with Crippen LogP contribution in [-0.2, 0) is 4.84 Å². The molecule has 2 nitrogen and oxygen atoms in total. The van der Waals surface area contributed by atoms with Crippen molar-refractivity contribution in [2.75, 3.05) is 0 Å². The monoisotopic (exact) mass is 116 g/mol. The van der Waals surface area contributed by atoms with Crippen LogP contribution in [0.25, 0.3) is 0 Å². The van der Waals surface area contributed by atoms with Gasteiger partial charge in [0.2, 0.25) is 0 Å². The molecule has 1 atom stereocenters. The minimum atomic E-state index is -0.123. The van der Waals surface area contributed by atoms with Gasteiger partial charge in [0.05, 0.1) is 6.10 Å². The lowest BCUT2D eigenvalue weighted by Gasteiger charge is -2.24. The third-order valence-corrected chi connectivity index (χ3v) is 1.13. The van der Waals surface area contributed by atoms with E-state index in [9.17, 15) is 0 Å². The van der Waals surface area contributed by atoms with Gasteiger partial charge in [-0.05, 0) is 12.3 Å². The van der Waals surface area contributed by atoms with Gasteiger partial charge in [-0.15, -0.1) is 0 Å². The van der Waals surface area contributed by atoms with Crippen LogP contribution in [0, 0.1) is 12.3 Å². The van der Waals surface area contributed by atoms with E-state index in [1.54, 1.807) is 0 Å². The van der Waals surface area contributed by atoms with Crippen LogP contribution in [0.3, 0.4) is 0 Å². The SMILES string of the molecule is [CH2]C(ON)C(C)(C)C. The lowest BCUT2D eigenvalue weighted by atomic mass is 9.90. The van der Waals surface area contributed by atoms with E-state index in [-0.39, 0.29) is 11.5 Å². The molecule has 0 aromatic rings. The van der Waals surface area contributed by atoms with Gasteiger partial charge in [0.15, 0.2) is 0 Å². The number of rotatable bonds is 1. The highest BCUT2D eigenvalue weighted by molar-refractivity contribution is 4.74. The summed E-state index contributed by atoms with van der Waals surface area (Å²) in [7, 11) is 0. The van der Waals surface area contributed by atoms with Gasteiger partial charge in [-0.25, -0.2) is 5.90 Å². The average Bonchev–Trinajstić information content (AvgIpc) is 1.62. The van der Waals surface area contributed by atoms with Crippen molar-refractivity contribution < 1.29 is 4.84 Å². The van der Waals surface area contributed by atoms with E-state index >= 15 is 0 Å². The van der Waals surface area contributed by atoms with Gasteiger partial charge in [-0.2, -0.15) is 0 Å². The summed E-state index contributed by atoms with van der Waals surface area (Å²) in [5.41, 5.74) is 0.0503. The quantitative estimate of drug-likeness (QED) is 0.521. The van der Waals surface area contributed by atoms with Gasteiger partial charge >= 0.3 is 0 Å². The predicted octanol–water partition coefficient (Wildman–Crippen LogP) is 1.13. The van der Waals surface area contributed by atoms with E-state index < -0.39 is 0 Å². The zero-order valence-electron chi connectivity index (χ0n) is 5.77. The van der Waals surface area contributed by atoms with E-state index in [0.29, 0.717) is 0 Å². The van der Waals surface area contributed by atoms with E-state index in [1.807, 2.05) is 20.8 Å². The standard InChI is InChI=1S/C6H14NO/c1-5(8-7)6(2,3)4/h5H,1,7H2,2-4H3. The molecular formula is C6H14NO. The van der Waals surface area contributed by atoms with Crippen LogP contribution in [0.1, 0.15) is 20.8 Å². The van der Waals surface area contributed by atoms with Crippen molar-refractivity contribution in [2.24, 2.45) is 11.3 Å². The Morgan fingerprint density at radius 3 is 1.88 bits per heavy atom. The van der Waals surface area contributed by atoms with Gasteiger partial charge < -0.3 is 4.84 Å². The van der Waals surface area contributed by atoms with Crippen LogP contribution >= 0.6 is 0 Å². The highest BCUT2D eigenvalue weighted by Gasteiger charge is 2.19. The van der Waals surface area contributed by atoms with Crippen molar-refractivity contribution in [1.29, 1.82) is 0 Å². The topological polar surface area (TPSA) is 35.2 Å². The molecule has 2 N–H and O–H groups in total. The van der Waals surface area contributed by atoms with Gasteiger partial charge in [0.1, 0.15) is 0 Å². The van der Waals surface area contributed by atoms with Crippen LogP contribution in [-0.4, -0.2) is 6.10 Å². The molecule has 2 heteroatoms. The Bertz CT molecular complexity index is 65.4. The molecule has 1 unspecified atom stereocenters. The molecule has 0 saturated carbocycles. The molecule has 0 aliphatic carbocycles. The summed E-state index contributed by atoms with van der Waals surface area (Å²) in [6.45, 7) is 9.76. The third kappa shape index (κ3) is 2.28. The largest absolute Gasteiger partial charge is 0.301 e. The number of hydrogen-bond donors (Lipinski definition) is 1. The van der Waals surface area contributed by atoms with E-state index in [4.69, 9.17) is 5.90 Å². The molecule has 0 aliphatic heterocycles. The maximum absolute atomic E-state index is 4.90. The minimum Gasteiger partial charge on any atom is -0.301 e. The van der Waals surface area contributed by atoms with Gasteiger partial charge in [-0.1, -0.05) is 20.8 Å². The normalized spacial score (nSPS) is 16.1. The molecule has 0 amide bonds. The molecule has 8 heavy (non-hydrogen) atoms. The van der Waals surface area contributed by atoms with Crippen molar-refractivity contribution in [2.45, 2.75) is 26.9 Å². The fourth-order valence-electron chi connectivity index (χ4n) is 0.204. The van der Waals surface area contributed by atoms with Crippen molar-refractivity contribution in [3.8, 4) is 0 Å². The first-order valence-electron chi connectivity index (χ1n) is 2.67.